The summed E-state index contributed by atoms with van der Waals surface area (Å²) < 4.78 is 12.9. The monoisotopic (exact) mass is 306 g/mol. The number of nitrogens with zero attached hydrogens (tertiary/aromatic N) is 1. The van der Waals surface area contributed by atoms with Gasteiger partial charge in [-0.1, -0.05) is 26.0 Å². The highest BCUT2D eigenvalue weighted by molar-refractivity contribution is 5.23. The molecule has 2 nitrogen and oxygen atoms in total. The van der Waals surface area contributed by atoms with E-state index in [-0.39, 0.29) is 5.82 Å². The summed E-state index contributed by atoms with van der Waals surface area (Å²) in [4.78, 5) is 2.49. The van der Waals surface area contributed by atoms with Gasteiger partial charge in [-0.15, -0.1) is 0 Å². The largest absolute Gasteiger partial charge is 0.311 e. The molecular weight excluding hydrogens is 275 g/mol. The molecule has 0 saturated heterocycles. The minimum atomic E-state index is -0.139. The van der Waals surface area contributed by atoms with Gasteiger partial charge >= 0.3 is 0 Å². The first-order valence-electron chi connectivity index (χ1n) is 8.86. The van der Waals surface area contributed by atoms with Crippen molar-refractivity contribution in [1.82, 2.24) is 10.2 Å². The van der Waals surface area contributed by atoms with Gasteiger partial charge in [0.1, 0.15) is 5.82 Å². The molecule has 1 aliphatic carbocycles. The zero-order valence-electron chi connectivity index (χ0n) is 14.3. The second-order valence-electron chi connectivity index (χ2n) is 6.65. The summed E-state index contributed by atoms with van der Waals surface area (Å²) in [7, 11) is 0. The van der Waals surface area contributed by atoms with Crippen LogP contribution in [0.1, 0.15) is 57.9 Å². The Balaban J connectivity index is 1.61. The molecule has 1 aromatic rings. The Morgan fingerprint density at radius 2 is 1.82 bits per heavy atom. The van der Waals surface area contributed by atoms with Gasteiger partial charge in [-0.05, 0) is 75.9 Å². The molecule has 2 rings (SSSR count). The number of benzene rings is 1. The second-order valence-corrected chi connectivity index (χ2v) is 6.65. The van der Waals surface area contributed by atoms with Crippen molar-refractivity contribution >= 4 is 0 Å². The second kappa shape index (κ2) is 8.64. The summed E-state index contributed by atoms with van der Waals surface area (Å²) in [5.41, 5.74) is 1.29. The van der Waals surface area contributed by atoms with Crippen LogP contribution in [0.5, 0.6) is 0 Å². The van der Waals surface area contributed by atoms with E-state index in [1.54, 1.807) is 12.1 Å². The topological polar surface area (TPSA) is 15.3 Å². The third-order valence-electron chi connectivity index (χ3n) is 5.01. The van der Waals surface area contributed by atoms with E-state index >= 15 is 0 Å². The molecule has 1 aliphatic rings. The molecule has 0 amide bonds. The summed E-state index contributed by atoms with van der Waals surface area (Å²) in [5, 5.41) is 3.74. The lowest BCUT2D eigenvalue weighted by Crippen LogP contribution is -2.44. The van der Waals surface area contributed by atoms with Crippen LogP contribution in [0.4, 0.5) is 4.39 Å². The molecule has 1 unspecified atom stereocenters. The molecule has 0 radical (unpaired) electrons. The minimum Gasteiger partial charge on any atom is -0.311 e. The Morgan fingerprint density at radius 3 is 2.41 bits per heavy atom. The third-order valence-corrected chi connectivity index (χ3v) is 5.01. The minimum absolute atomic E-state index is 0.139. The van der Waals surface area contributed by atoms with Crippen molar-refractivity contribution in [2.45, 2.75) is 64.5 Å². The Morgan fingerprint density at radius 1 is 1.18 bits per heavy atom. The first-order valence-corrected chi connectivity index (χ1v) is 8.86. The first kappa shape index (κ1) is 17.4. The molecular formula is C19H31FN2. The van der Waals surface area contributed by atoms with Gasteiger partial charge in [-0.25, -0.2) is 4.39 Å². The lowest BCUT2D eigenvalue weighted by Gasteiger charge is -2.38. The summed E-state index contributed by atoms with van der Waals surface area (Å²) in [5.74, 6) is 0.473. The van der Waals surface area contributed by atoms with Crippen molar-refractivity contribution in [1.29, 1.82) is 0 Å². The molecule has 1 N–H and O–H groups in total. The summed E-state index contributed by atoms with van der Waals surface area (Å²) in [6, 6.07) is 8.25. The first-order chi connectivity index (χ1) is 10.6. The molecule has 1 atom stereocenters. The Kier molecular flexibility index (Phi) is 6.84. The molecule has 1 fully saturated rings. The smallest absolute Gasteiger partial charge is 0.123 e. The van der Waals surface area contributed by atoms with Crippen LogP contribution in [0.25, 0.3) is 0 Å². The van der Waals surface area contributed by atoms with E-state index in [2.05, 4.69) is 31.0 Å². The zero-order valence-corrected chi connectivity index (χ0v) is 14.3. The van der Waals surface area contributed by atoms with Gasteiger partial charge in [-0.3, -0.25) is 0 Å². The van der Waals surface area contributed by atoms with Crippen LogP contribution < -0.4 is 5.32 Å². The normalized spacial score (nSPS) is 22.6. The Hall–Kier alpha value is -0.930. The predicted octanol–water partition coefficient (Wildman–Crippen LogP) is 4.17. The van der Waals surface area contributed by atoms with Gasteiger partial charge < -0.3 is 10.2 Å². The maximum absolute atomic E-state index is 12.9. The number of halogens is 1. The van der Waals surface area contributed by atoms with Crippen LogP contribution in [-0.2, 0) is 0 Å². The van der Waals surface area contributed by atoms with Gasteiger partial charge in [0.2, 0.25) is 0 Å². The van der Waals surface area contributed by atoms with E-state index in [1.807, 2.05) is 12.1 Å². The number of rotatable bonds is 9. The van der Waals surface area contributed by atoms with Crippen molar-refractivity contribution < 1.29 is 4.39 Å². The molecule has 0 spiro atoms. The van der Waals surface area contributed by atoms with Gasteiger partial charge in [-0.2, -0.15) is 0 Å². The van der Waals surface area contributed by atoms with Crippen LogP contribution in [0, 0.1) is 5.82 Å². The van der Waals surface area contributed by atoms with E-state index in [0.717, 1.165) is 13.1 Å². The molecule has 0 aliphatic heterocycles. The highest BCUT2D eigenvalue weighted by Gasteiger charge is 2.30. The third kappa shape index (κ3) is 5.06. The Labute approximate surface area is 135 Å². The van der Waals surface area contributed by atoms with Crippen molar-refractivity contribution in [3.05, 3.63) is 35.6 Å². The van der Waals surface area contributed by atoms with E-state index in [9.17, 15) is 4.39 Å². The molecule has 124 valence electrons. The van der Waals surface area contributed by atoms with Crippen LogP contribution in [0.15, 0.2) is 24.3 Å². The fraction of sp³-hybridized carbons (Fsp3) is 0.684. The zero-order chi connectivity index (χ0) is 15.9. The average molecular weight is 306 g/mol. The average Bonchev–Trinajstić information content (AvgIpc) is 2.48. The maximum Gasteiger partial charge on any atom is 0.123 e. The highest BCUT2D eigenvalue weighted by Crippen LogP contribution is 2.37. The van der Waals surface area contributed by atoms with Crippen molar-refractivity contribution in [2.24, 2.45) is 0 Å². The predicted molar refractivity (Wildman–Crippen MR) is 91.8 cm³/mol. The summed E-state index contributed by atoms with van der Waals surface area (Å²) >= 11 is 0. The van der Waals surface area contributed by atoms with Crippen LogP contribution in [-0.4, -0.2) is 36.6 Å². The molecule has 0 heterocycles. The van der Waals surface area contributed by atoms with Crippen LogP contribution in [0.2, 0.25) is 0 Å². The van der Waals surface area contributed by atoms with Gasteiger partial charge in [0.25, 0.3) is 0 Å². The molecule has 22 heavy (non-hydrogen) atoms. The molecule has 0 aromatic heterocycles. The van der Waals surface area contributed by atoms with Crippen molar-refractivity contribution in [2.75, 3.05) is 19.6 Å². The van der Waals surface area contributed by atoms with E-state index in [4.69, 9.17) is 0 Å². The lowest BCUT2D eigenvalue weighted by atomic mass is 9.75. The number of hydrogen-bond acceptors (Lipinski definition) is 2. The van der Waals surface area contributed by atoms with Crippen LogP contribution >= 0.6 is 0 Å². The fourth-order valence-corrected chi connectivity index (χ4v) is 3.41. The quantitative estimate of drug-likeness (QED) is 0.736. The summed E-state index contributed by atoms with van der Waals surface area (Å²) in [6.07, 6.45) is 4.89. The molecule has 0 bridgehead atoms. The maximum atomic E-state index is 12.9. The van der Waals surface area contributed by atoms with E-state index < -0.39 is 0 Å². The summed E-state index contributed by atoms with van der Waals surface area (Å²) in [6.45, 7) is 10.3. The molecule has 1 aromatic carbocycles. The molecule has 3 heteroatoms. The van der Waals surface area contributed by atoms with E-state index in [1.165, 1.54) is 37.8 Å². The number of hydrogen-bond donors (Lipinski definition) is 1. The van der Waals surface area contributed by atoms with Gasteiger partial charge in [0, 0.05) is 12.1 Å². The van der Waals surface area contributed by atoms with Crippen molar-refractivity contribution in [3.63, 3.8) is 0 Å². The lowest BCUT2D eigenvalue weighted by molar-refractivity contribution is 0.252. The van der Waals surface area contributed by atoms with Crippen LogP contribution in [0.3, 0.4) is 0 Å². The Bertz CT molecular complexity index is 422. The van der Waals surface area contributed by atoms with Gasteiger partial charge in [0.15, 0.2) is 0 Å². The number of nitrogens with one attached hydrogen (secondary N) is 1. The van der Waals surface area contributed by atoms with Gasteiger partial charge in [0.05, 0.1) is 0 Å². The molecule has 1 saturated carbocycles. The highest BCUT2D eigenvalue weighted by atomic mass is 19.1. The van der Waals surface area contributed by atoms with Crippen molar-refractivity contribution in [3.8, 4) is 0 Å². The van der Waals surface area contributed by atoms with E-state index in [0.29, 0.717) is 18.0 Å². The SMILES string of the molecule is CCN(CC)CCCC(C)NC1CC(c2ccc(F)cc2)C1. The fourth-order valence-electron chi connectivity index (χ4n) is 3.41. The standard InChI is InChI=1S/C19H31FN2/c1-4-22(5-2)12-6-7-15(3)21-19-13-17(14-19)16-8-10-18(20)11-9-16/h8-11,15,17,19,21H,4-7,12-14H2,1-3H3.